The minimum atomic E-state index is -0.516. The van der Waals surface area contributed by atoms with Crippen molar-refractivity contribution < 1.29 is 9.18 Å². The maximum absolute atomic E-state index is 13.8. The van der Waals surface area contributed by atoms with Crippen molar-refractivity contribution >= 4 is 28.6 Å². The lowest BCUT2D eigenvalue weighted by molar-refractivity contribution is 0.102. The number of nitrogens with zero attached hydrogens (tertiary/aromatic N) is 1. The summed E-state index contributed by atoms with van der Waals surface area (Å²) in [7, 11) is 0. The molecule has 1 atom stereocenters. The van der Waals surface area contributed by atoms with Gasteiger partial charge in [-0.1, -0.05) is 25.1 Å². The highest BCUT2D eigenvalue weighted by Crippen LogP contribution is 2.26. The van der Waals surface area contributed by atoms with Gasteiger partial charge in [0.15, 0.2) is 0 Å². The molecule has 6 heteroatoms. The fourth-order valence-electron chi connectivity index (χ4n) is 4.08. The average molecular weight is 438 g/mol. The largest absolute Gasteiger partial charge is 0.371 e. The van der Waals surface area contributed by atoms with Crippen LogP contribution in [-0.4, -0.2) is 25.0 Å². The number of benzene rings is 2. The van der Waals surface area contributed by atoms with Crippen LogP contribution < -0.4 is 15.5 Å². The Bertz CT molecular complexity index is 982. The zero-order valence-electron chi connectivity index (χ0n) is 17.7. The molecular formula is C25H28FN3OS. The number of rotatable bonds is 7. The molecule has 1 amide bonds. The van der Waals surface area contributed by atoms with Gasteiger partial charge in [0.25, 0.3) is 5.91 Å². The third kappa shape index (κ3) is 5.32. The van der Waals surface area contributed by atoms with E-state index in [1.807, 2.05) is 35.6 Å². The van der Waals surface area contributed by atoms with Gasteiger partial charge in [-0.3, -0.25) is 4.79 Å². The van der Waals surface area contributed by atoms with Crippen LogP contribution in [0.4, 0.5) is 15.8 Å². The van der Waals surface area contributed by atoms with E-state index >= 15 is 0 Å². The molecule has 0 aliphatic carbocycles. The van der Waals surface area contributed by atoms with Crippen LogP contribution in [0.25, 0.3) is 0 Å². The Morgan fingerprint density at radius 2 is 1.84 bits per heavy atom. The molecule has 2 heterocycles. The molecule has 4 rings (SSSR count). The normalized spacial score (nSPS) is 15.6. The van der Waals surface area contributed by atoms with Crippen LogP contribution in [0.5, 0.6) is 0 Å². The van der Waals surface area contributed by atoms with E-state index in [4.69, 9.17) is 0 Å². The standard InChI is InChI=1S/C25H28FN3OS/c1-2-23(24-8-5-17-31-24)27-19-13-15-29(16-14-19)20-11-9-18(10-12-20)28-25(30)21-6-3-4-7-22(21)26/h3-12,17,19,23,27H,2,13-16H2,1H3,(H,28,30)/t23-/m1/s1. The summed E-state index contributed by atoms with van der Waals surface area (Å²) in [5.74, 6) is -0.952. The van der Waals surface area contributed by atoms with Crippen LogP contribution in [0.1, 0.15) is 47.5 Å². The lowest BCUT2D eigenvalue weighted by Crippen LogP contribution is -2.43. The van der Waals surface area contributed by atoms with Gasteiger partial charge >= 0.3 is 0 Å². The van der Waals surface area contributed by atoms with Crippen molar-refractivity contribution in [3.8, 4) is 0 Å². The number of carbonyl (C=O) groups is 1. The number of hydrogen-bond acceptors (Lipinski definition) is 4. The highest BCUT2D eigenvalue weighted by molar-refractivity contribution is 7.10. The summed E-state index contributed by atoms with van der Waals surface area (Å²) < 4.78 is 13.8. The highest BCUT2D eigenvalue weighted by atomic mass is 32.1. The number of halogens is 1. The average Bonchev–Trinajstić information content (AvgIpc) is 3.33. The van der Waals surface area contributed by atoms with E-state index in [1.54, 1.807) is 12.1 Å². The number of carbonyl (C=O) groups excluding carboxylic acids is 1. The Kier molecular flexibility index (Phi) is 6.99. The van der Waals surface area contributed by atoms with E-state index in [0.717, 1.165) is 38.0 Å². The number of nitrogens with one attached hydrogen (secondary N) is 2. The molecule has 0 saturated carbocycles. The third-order valence-electron chi connectivity index (χ3n) is 5.84. The van der Waals surface area contributed by atoms with Crippen LogP contribution in [0, 0.1) is 5.82 Å². The molecule has 1 aromatic heterocycles. The van der Waals surface area contributed by atoms with Crippen molar-refractivity contribution in [1.29, 1.82) is 0 Å². The maximum atomic E-state index is 13.8. The van der Waals surface area contributed by atoms with Gasteiger partial charge in [0, 0.05) is 41.4 Å². The molecule has 1 aliphatic rings. The second-order valence-corrected chi connectivity index (χ2v) is 8.86. The van der Waals surface area contributed by atoms with Crippen molar-refractivity contribution in [3.05, 3.63) is 82.3 Å². The summed E-state index contributed by atoms with van der Waals surface area (Å²) >= 11 is 1.82. The molecule has 1 fully saturated rings. The number of amides is 1. The van der Waals surface area contributed by atoms with Crippen LogP contribution in [-0.2, 0) is 0 Å². The molecule has 2 N–H and O–H groups in total. The smallest absolute Gasteiger partial charge is 0.258 e. The Morgan fingerprint density at radius 1 is 1.10 bits per heavy atom. The topological polar surface area (TPSA) is 44.4 Å². The number of thiophene rings is 1. The van der Waals surface area contributed by atoms with Crippen LogP contribution in [0.3, 0.4) is 0 Å². The molecule has 4 nitrogen and oxygen atoms in total. The zero-order chi connectivity index (χ0) is 21.6. The quantitative estimate of drug-likeness (QED) is 0.487. The molecule has 0 unspecified atom stereocenters. The second-order valence-electron chi connectivity index (χ2n) is 7.89. The molecule has 0 spiro atoms. The van der Waals surface area contributed by atoms with Crippen LogP contribution in [0.15, 0.2) is 66.0 Å². The van der Waals surface area contributed by atoms with Gasteiger partial charge in [-0.15, -0.1) is 11.3 Å². The predicted molar refractivity (Wildman–Crippen MR) is 127 cm³/mol. The minimum Gasteiger partial charge on any atom is -0.371 e. The van der Waals surface area contributed by atoms with E-state index in [1.165, 1.54) is 17.0 Å². The van der Waals surface area contributed by atoms with Gasteiger partial charge in [-0.2, -0.15) is 0 Å². The summed E-state index contributed by atoms with van der Waals surface area (Å²) in [4.78, 5) is 16.1. The summed E-state index contributed by atoms with van der Waals surface area (Å²) in [6.07, 6.45) is 3.31. The molecule has 162 valence electrons. The fraction of sp³-hybridized carbons (Fsp3) is 0.320. The molecule has 3 aromatic rings. The monoisotopic (exact) mass is 437 g/mol. The first-order valence-electron chi connectivity index (χ1n) is 10.8. The Hall–Kier alpha value is -2.70. The molecule has 0 bridgehead atoms. The van der Waals surface area contributed by atoms with Crippen molar-refractivity contribution in [1.82, 2.24) is 5.32 Å². The minimum absolute atomic E-state index is 0.0501. The van der Waals surface area contributed by atoms with E-state index < -0.39 is 11.7 Å². The number of hydrogen-bond donors (Lipinski definition) is 2. The first-order chi connectivity index (χ1) is 15.1. The van der Waals surface area contributed by atoms with Crippen molar-refractivity contribution in [2.75, 3.05) is 23.3 Å². The van der Waals surface area contributed by atoms with Gasteiger partial charge in [0.2, 0.25) is 0 Å². The molecule has 0 radical (unpaired) electrons. The first kappa shape index (κ1) is 21.5. The van der Waals surface area contributed by atoms with E-state index in [9.17, 15) is 9.18 Å². The van der Waals surface area contributed by atoms with E-state index in [0.29, 0.717) is 17.8 Å². The lowest BCUT2D eigenvalue weighted by atomic mass is 10.0. The Labute approximate surface area is 187 Å². The fourth-order valence-corrected chi connectivity index (χ4v) is 4.95. The van der Waals surface area contributed by atoms with Gasteiger partial charge in [0.05, 0.1) is 5.56 Å². The lowest BCUT2D eigenvalue weighted by Gasteiger charge is -2.35. The third-order valence-corrected chi connectivity index (χ3v) is 6.82. The van der Waals surface area contributed by atoms with E-state index in [-0.39, 0.29) is 5.56 Å². The Morgan fingerprint density at radius 3 is 2.48 bits per heavy atom. The summed E-state index contributed by atoms with van der Waals surface area (Å²) in [5.41, 5.74) is 1.86. The van der Waals surface area contributed by atoms with Crippen LogP contribution in [0.2, 0.25) is 0 Å². The van der Waals surface area contributed by atoms with Gasteiger partial charge in [-0.25, -0.2) is 4.39 Å². The van der Waals surface area contributed by atoms with Crippen molar-refractivity contribution in [3.63, 3.8) is 0 Å². The van der Waals surface area contributed by atoms with Gasteiger partial charge in [0.1, 0.15) is 5.82 Å². The predicted octanol–water partition coefficient (Wildman–Crippen LogP) is 5.85. The maximum Gasteiger partial charge on any atom is 0.258 e. The molecule has 1 saturated heterocycles. The second kappa shape index (κ2) is 10.1. The number of anilines is 2. The van der Waals surface area contributed by atoms with Crippen LogP contribution >= 0.6 is 11.3 Å². The van der Waals surface area contributed by atoms with E-state index in [2.05, 4.69) is 40.0 Å². The summed E-state index contributed by atoms with van der Waals surface area (Å²) in [6.45, 7) is 4.23. The van der Waals surface area contributed by atoms with Crippen molar-refractivity contribution in [2.24, 2.45) is 0 Å². The number of piperidine rings is 1. The molecule has 2 aromatic carbocycles. The van der Waals surface area contributed by atoms with Crippen molar-refractivity contribution in [2.45, 2.75) is 38.3 Å². The van der Waals surface area contributed by atoms with Gasteiger partial charge < -0.3 is 15.5 Å². The Balaban J connectivity index is 1.30. The first-order valence-corrected chi connectivity index (χ1v) is 11.7. The molecule has 31 heavy (non-hydrogen) atoms. The highest BCUT2D eigenvalue weighted by Gasteiger charge is 2.22. The molecular weight excluding hydrogens is 409 g/mol. The SMILES string of the molecule is CC[C@@H](NC1CCN(c2ccc(NC(=O)c3ccccc3F)cc2)CC1)c1cccs1. The summed E-state index contributed by atoms with van der Waals surface area (Å²) in [5, 5.41) is 8.75. The molecule has 1 aliphatic heterocycles. The van der Waals surface area contributed by atoms with Gasteiger partial charge in [-0.05, 0) is 67.1 Å². The zero-order valence-corrected chi connectivity index (χ0v) is 18.5. The summed E-state index contributed by atoms with van der Waals surface area (Å²) in [6, 6.07) is 19.1.